The summed E-state index contributed by atoms with van der Waals surface area (Å²) in [6, 6.07) is 15.0. The van der Waals surface area contributed by atoms with Crippen molar-refractivity contribution in [1.29, 1.82) is 0 Å². The van der Waals surface area contributed by atoms with Crippen molar-refractivity contribution in [2.24, 2.45) is 0 Å². The fraction of sp³-hybridized carbons (Fsp3) is 0.318. The summed E-state index contributed by atoms with van der Waals surface area (Å²) in [6.45, 7) is 5.06. The Balaban J connectivity index is 1.51. The lowest BCUT2D eigenvalue weighted by Gasteiger charge is -2.30. The first-order chi connectivity index (χ1) is 14.6. The highest BCUT2D eigenvalue weighted by molar-refractivity contribution is 5.93. The third-order valence-corrected chi connectivity index (χ3v) is 5.06. The number of para-hydroxylation sites is 2. The van der Waals surface area contributed by atoms with E-state index in [1.807, 2.05) is 62.4 Å². The molecule has 1 aliphatic heterocycles. The van der Waals surface area contributed by atoms with Crippen LogP contribution in [0.5, 0.6) is 17.2 Å². The summed E-state index contributed by atoms with van der Waals surface area (Å²) in [5.74, 6) is 1.93. The lowest BCUT2D eigenvalue weighted by Crippen LogP contribution is -2.43. The average molecular weight is 408 g/mol. The van der Waals surface area contributed by atoms with E-state index in [1.54, 1.807) is 16.7 Å². The van der Waals surface area contributed by atoms with E-state index in [0.29, 0.717) is 42.6 Å². The number of carbonyl (C=O) groups is 1. The largest absolute Gasteiger partial charge is 0.497 e. The van der Waals surface area contributed by atoms with Crippen molar-refractivity contribution in [2.45, 2.75) is 20.0 Å². The zero-order valence-electron chi connectivity index (χ0n) is 17.2. The Morgan fingerprint density at radius 3 is 2.80 bits per heavy atom. The van der Waals surface area contributed by atoms with Crippen LogP contribution in [0.3, 0.4) is 0 Å². The molecule has 1 unspecified atom stereocenters. The van der Waals surface area contributed by atoms with Crippen molar-refractivity contribution in [2.75, 3.05) is 26.8 Å². The standard InChI is InChI=1S/C22H24N4O4/c1-4-25(13-18-14-29-19-10-5-6-11-20(19)30-18)22(27)21-15(2)26(24-23-21)16-8-7-9-17(12-16)28-3/h5-12,18H,4,13-14H2,1-3H3. The number of aromatic nitrogens is 3. The van der Waals surface area contributed by atoms with Crippen molar-refractivity contribution in [3.63, 3.8) is 0 Å². The molecule has 30 heavy (non-hydrogen) atoms. The van der Waals surface area contributed by atoms with Crippen molar-refractivity contribution >= 4 is 5.91 Å². The van der Waals surface area contributed by atoms with E-state index in [9.17, 15) is 4.79 Å². The van der Waals surface area contributed by atoms with Gasteiger partial charge < -0.3 is 19.1 Å². The predicted molar refractivity (Wildman–Crippen MR) is 111 cm³/mol. The first-order valence-corrected chi connectivity index (χ1v) is 9.85. The third kappa shape index (κ3) is 3.80. The molecule has 0 radical (unpaired) electrons. The number of likely N-dealkylation sites (N-methyl/N-ethyl adjacent to an activating group) is 1. The van der Waals surface area contributed by atoms with Gasteiger partial charge in [-0.1, -0.05) is 23.4 Å². The Labute approximate surface area is 175 Å². The van der Waals surface area contributed by atoms with E-state index < -0.39 is 0 Å². The Hall–Kier alpha value is -3.55. The molecule has 0 spiro atoms. The molecule has 2 aromatic carbocycles. The number of ether oxygens (including phenoxy) is 3. The maximum absolute atomic E-state index is 13.2. The second-order valence-electron chi connectivity index (χ2n) is 6.98. The van der Waals surface area contributed by atoms with E-state index in [4.69, 9.17) is 14.2 Å². The first-order valence-electron chi connectivity index (χ1n) is 9.85. The molecule has 2 heterocycles. The van der Waals surface area contributed by atoms with E-state index in [2.05, 4.69) is 10.3 Å². The van der Waals surface area contributed by atoms with Crippen LogP contribution in [0.1, 0.15) is 23.1 Å². The lowest BCUT2D eigenvalue weighted by molar-refractivity contribution is 0.0470. The zero-order valence-corrected chi connectivity index (χ0v) is 17.2. The van der Waals surface area contributed by atoms with Crippen LogP contribution >= 0.6 is 0 Å². The smallest absolute Gasteiger partial charge is 0.276 e. The number of hydrogen-bond acceptors (Lipinski definition) is 6. The van der Waals surface area contributed by atoms with Crippen LogP contribution in [-0.2, 0) is 0 Å². The summed E-state index contributed by atoms with van der Waals surface area (Å²) in [7, 11) is 1.61. The lowest BCUT2D eigenvalue weighted by atomic mass is 10.2. The molecule has 0 N–H and O–H groups in total. The molecule has 4 rings (SSSR count). The van der Waals surface area contributed by atoms with Gasteiger partial charge in [-0.2, -0.15) is 0 Å². The number of rotatable bonds is 6. The summed E-state index contributed by atoms with van der Waals surface area (Å²) in [6.07, 6.45) is -0.252. The highest BCUT2D eigenvalue weighted by atomic mass is 16.6. The minimum atomic E-state index is -0.252. The van der Waals surface area contributed by atoms with Gasteiger partial charge in [-0.3, -0.25) is 4.79 Å². The minimum absolute atomic E-state index is 0.188. The summed E-state index contributed by atoms with van der Waals surface area (Å²) < 4.78 is 18.7. The molecule has 156 valence electrons. The normalized spacial score (nSPS) is 15.0. The number of nitrogens with zero attached hydrogens (tertiary/aromatic N) is 4. The van der Waals surface area contributed by atoms with Gasteiger partial charge in [-0.15, -0.1) is 5.10 Å². The van der Waals surface area contributed by atoms with Crippen molar-refractivity contribution < 1.29 is 19.0 Å². The van der Waals surface area contributed by atoms with Crippen molar-refractivity contribution in [3.8, 4) is 22.9 Å². The summed E-state index contributed by atoms with van der Waals surface area (Å²) >= 11 is 0. The Morgan fingerprint density at radius 1 is 1.23 bits per heavy atom. The Bertz CT molecular complexity index is 1050. The van der Waals surface area contributed by atoms with Crippen LogP contribution in [0, 0.1) is 6.92 Å². The number of carbonyl (C=O) groups excluding carboxylic acids is 1. The van der Waals surface area contributed by atoms with Crippen molar-refractivity contribution in [3.05, 3.63) is 59.9 Å². The van der Waals surface area contributed by atoms with Gasteiger partial charge in [0.1, 0.15) is 12.4 Å². The second-order valence-corrected chi connectivity index (χ2v) is 6.98. The summed E-state index contributed by atoms with van der Waals surface area (Å²) in [4.78, 5) is 14.9. The fourth-order valence-corrected chi connectivity index (χ4v) is 3.42. The third-order valence-electron chi connectivity index (χ3n) is 5.06. The predicted octanol–water partition coefficient (Wildman–Crippen LogP) is 2.89. The van der Waals surface area contributed by atoms with Crippen LogP contribution in [0.15, 0.2) is 48.5 Å². The molecule has 0 saturated heterocycles. The molecule has 1 aromatic heterocycles. The molecule has 3 aromatic rings. The average Bonchev–Trinajstić information content (AvgIpc) is 3.18. The maximum Gasteiger partial charge on any atom is 0.276 e. The molecule has 1 amide bonds. The number of amides is 1. The molecular weight excluding hydrogens is 384 g/mol. The van der Waals surface area contributed by atoms with Gasteiger partial charge in [-0.05, 0) is 38.1 Å². The quantitative estimate of drug-likeness (QED) is 0.624. The first kappa shape index (κ1) is 19.8. The minimum Gasteiger partial charge on any atom is -0.497 e. The molecule has 0 saturated carbocycles. The number of hydrogen-bond donors (Lipinski definition) is 0. The molecule has 8 nitrogen and oxygen atoms in total. The van der Waals surface area contributed by atoms with Crippen LogP contribution in [0.4, 0.5) is 0 Å². The molecular formula is C22H24N4O4. The monoisotopic (exact) mass is 408 g/mol. The van der Waals surface area contributed by atoms with E-state index in [-0.39, 0.29) is 12.0 Å². The zero-order chi connectivity index (χ0) is 21.1. The Kier molecular flexibility index (Phi) is 5.56. The fourth-order valence-electron chi connectivity index (χ4n) is 3.42. The van der Waals surface area contributed by atoms with Crippen LogP contribution in [0.2, 0.25) is 0 Å². The molecule has 1 aliphatic rings. The van der Waals surface area contributed by atoms with Crippen molar-refractivity contribution in [1.82, 2.24) is 19.9 Å². The maximum atomic E-state index is 13.2. The van der Waals surface area contributed by atoms with Crippen LogP contribution < -0.4 is 14.2 Å². The SMILES string of the molecule is CCN(CC1COc2ccccc2O1)C(=O)c1nnn(-c2cccc(OC)c2)c1C. The van der Waals surface area contributed by atoms with Gasteiger partial charge in [0, 0.05) is 12.6 Å². The van der Waals surface area contributed by atoms with E-state index >= 15 is 0 Å². The van der Waals surface area contributed by atoms with Gasteiger partial charge in [-0.25, -0.2) is 4.68 Å². The number of methoxy groups -OCH3 is 1. The van der Waals surface area contributed by atoms with Gasteiger partial charge in [0.15, 0.2) is 23.3 Å². The molecule has 1 atom stereocenters. The van der Waals surface area contributed by atoms with Crippen LogP contribution in [0.25, 0.3) is 5.69 Å². The Morgan fingerprint density at radius 2 is 2.03 bits per heavy atom. The topological polar surface area (TPSA) is 78.7 Å². The van der Waals surface area contributed by atoms with Gasteiger partial charge in [0.25, 0.3) is 5.91 Å². The summed E-state index contributed by atoms with van der Waals surface area (Å²) in [5.41, 5.74) is 1.76. The summed E-state index contributed by atoms with van der Waals surface area (Å²) in [5, 5.41) is 8.34. The highest BCUT2D eigenvalue weighted by Gasteiger charge is 2.28. The van der Waals surface area contributed by atoms with Crippen LogP contribution in [-0.4, -0.2) is 58.7 Å². The molecule has 0 fully saturated rings. The molecule has 8 heteroatoms. The van der Waals surface area contributed by atoms with E-state index in [0.717, 1.165) is 11.4 Å². The van der Waals surface area contributed by atoms with Gasteiger partial charge >= 0.3 is 0 Å². The molecule has 0 aliphatic carbocycles. The van der Waals surface area contributed by atoms with Gasteiger partial charge in [0.05, 0.1) is 25.0 Å². The number of benzene rings is 2. The second kappa shape index (κ2) is 8.44. The molecule has 0 bridgehead atoms. The van der Waals surface area contributed by atoms with Gasteiger partial charge in [0.2, 0.25) is 0 Å². The number of fused-ring (bicyclic) bond motifs is 1. The highest BCUT2D eigenvalue weighted by Crippen LogP contribution is 2.31. The van der Waals surface area contributed by atoms with E-state index in [1.165, 1.54) is 0 Å².